The molecule has 0 aliphatic carbocycles. The Hall–Kier alpha value is -1.59. The summed E-state index contributed by atoms with van der Waals surface area (Å²) in [5, 5.41) is 0. The molecule has 2 aromatic carbocycles. The van der Waals surface area contributed by atoms with E-state index in [1.54, 1.807) is 0 Å². The van der Waals surface area contributed by atoms with Crippen molar-refractivity contribution in [2.45, 2.75) is 12.4 Å². The van der Waals surface area contributed by atoms with Crippen molar-refractivity contribution < 1.29 is 52.5 Å². The van der Waals surface area contributed by atoms with Gasteiger partial charge in [0.2, 0.25) is 0 Å². The molecule has 0 amide bonds. The molecule has 126 valence electrons. The van der Waals surface area contributed by atoms with Crippen molar-refractivity contribution in [3.8, 4) is 0 Å². The molecular weight excluding hydrogens is 372 g/mol. The van der Waals surface area contributed by atoms with Crippen LogP contribution in [0.25, 0.3) is 0 Å². The van der Waals surface area contributed by atoms with E-state index in [1.165, 1.54) is 0 Å². The van der Waals surface area contributed by atoms with E-state index in [0.717, 1.165) is 24.3 Å². The van der Waals surface area contributed by atoms with Gasteiger partial charge in [0, 0.05) is 17.4 Å². The average molecular weight is 380 g/mol. The number of rotatable bonds is 0. The summed E-state index contributed by atoms with van der Waals surface area (Å²) in [7, 11) is 0. The zero-order valence-corrected chi connectivity index (χ0v) is 12.3. The molecule has 9 heteroatoms. The van der Waals surface area contributed by atoms with Crippen molar-refractivity contribution in [2.24, 2.45) is 0 Å². The summed E-state index contributed by atoms with van der Waals surface area (Å²) in [5.74, 6) is -1.34. The third-order valence-electron chi connectivity index (χ3n) is 2.34. The Morgan fingerprint density at radius 1 is 0.478 bits per heavy atom. The number of alkyl halides is 6. The van der Waals surface area contributed by atoms with Crippen LogP contribution in [0.2, 0.25) is 0 Å². The van der Waals surface area contributed by atoms with E-state index in [2.05, 4.69) is 0 Å². The zero-order chi connectivity index (χ0) is 17.0. The number of hydrogen-bond donors (Lipinski definition) is 0. The first-order valence-corrected chi connectivity index (χ1v) is 5.65. The predicted molar refractivity (Wildman–Crippen MR) is 62.8 cm³/mol. The van der Waals surface area contributed by atoms with E-state index in [9.17, 15) is 35.1 Å². The first-order chi connectivity index (χ1) is 10.00. The molecule has 0 fully saturated rings. The molecule has 0 heterocycles. The second-order valence-electron chi connectivity index (χ2n) is 4.01. The molecule has 0 nitrogen and oxygen atoms in total. The molecule has 0 radical (unpaired) electrons. The first-order valence-electron chi connectivity index (χ1n) is 5.65. The Morgan fingerprint density at radius 2 is 0.696 bits per heavy atom. The molecule has 0 aliphatic heterocycles. The van der Waals surface area contributed by atoms with E-state index in [-0.39, 0.29) is 17.4 Å². The Bertz CT molecular complexity index is 529. The summed E-state index contributed by atoms with van der Waals surface area (Å²) < 4.78 is 95.0. The first kappa shape index (κ1) is 21.4. The molecule has 2 aromatic rings. The van der Waals surface area contributed by atoms with Gasteiger partial charge in [-0.05, 0) is 48.5 Å². The topological polar surface area (TPSA) is 0 Å². The summed E-state index contributed by atoms with van der Waals surface area (Å²) in [6, 6.07) is 5.94. The van der Waals surface area contributed by atoms with Gasteiger partial charge in [-0.1, -0.05) is 0 Å². The smallest absolute Gasteiger partial charge is 0.207 e. The Morgan fingerprint density at radius 3 is 0.870 bits per heavy atom. The average Bonchev–Trinajstić information content (AvgIpc) is 2.38. The molecule has 0 spiro atoms. The molecule has 23 heavy (non-hydrogen) atoms. The summed E-state index contributed by atoms with van der Waals surface area (Å²) in [6.07, 6.45) is -8.76. The summed E-state index contributed by atoms with van der Waals surface area (Å²) in [5.41, 5.74) is -1.67. The minimum Gasteiger partial charge on any atom is -0.207 e. The third-order valence-corrected chi connectivity index (χ3v) is 2.34. The largest absolute Gasteiger partial charge is 0.416 e. The van der Waals surface area contributed by atoms with Gasteiger partial charge in [0.05, 0.1) is 11.1 Å². The van der Waals surface area contributed by atoms with Crippen molar-refractivity contribution >= 4 is 0 Å². The molecule has 0 saturated carbocycles. The number of benzene rings is 2. The molecular formula is C14H8CrF8. The molecule has 0 aromatic heterocycles. The number of hydrogen-bond acceptors (Lipinski definition) is 0. The van der Waals surface area contributed by atoms with E-state index in [0.29, 0.717) is 24.3 Å². The van der Waals surface area contributed by atoms with Gasteiger partial charge in [-0.15, -0.1) is 0 Å². The Kier molecular flexibility index (Phi) is 7.74. The van der Waals surface area contributed by atoms with E-state index >= 15 is 0 Å². The van der Waals surface area contributed by atoms with Gasteiger partial charge >= 0.3 is 12.4 Å². The maximum absolute atomic E-state index is 12.1. The van der Waals surface area contributed by atoms with Crippen LogP contribution in [0.4, 0.5) is 35.1 Å². The van der Waals surface area contributed by atoms with Crippen LogP contribution in [0.15, 0.2) is 48.5 Å². The van der Waals surface area contributed by atoms with Crippen LogP contribution in [0, 0.1) is 11.6 Å². The van der Waals surface area contributed by atoms with Gasteiger partial charge in [0.15, 0.2) is 0 Å². The monoisotopic (exact) mass is 380 g/mol. The predicted octanol–water partition coefficient (Wildman–Crippen LogP) is 5.69. The fraction of sp³-hybridized carbons (Fsp3) is 0.143. The number of halogens is 8. The maximum Gasteiger partial charge on any atom is 0.416 e. The normalized spacial score (nSPS) is 11.1. The van der Waals surface area contributed by atoms with Gasteiger partial charge in [-0.2, -0.15) is 26.3 Å². The minimum atomic E-state index is -4.38. The summed E-state index contributed by atoms with van der Waals surface area (Å²) in [6.45, 7) is 0. The quantitative estimate of drug-likeness (QED) is 0.516. The van der Waals surface area contributed by atoms with E-state index in [4.69, 9.17) is 0 Å². The van der Waals surface area contributed by atoms with Crippen molar-refractivity contribution in [2.75, 3.05) is 0 Å². The van der Waals surface area contributed by atoms with Gasteiger partial charge in [-0.3, -0.25) is 0 Å². The van der Waals surface area contributed by atoms with Crippen molar-refractivity contribution in [1.82, 2.24) is 0 Å². The van der Waals surface area contributed by atoms with E-state index < -0.39 is 35.1 Å². The third kappa shape index (κ3) is 7.48. The van der Waals surface area contributed by atoms with Crippen molar-refractivity contribution in [3.05, 3.63) is 71.3 Å². The molecule has 0 saturated heterocycles. The second-order valence-corrected chi connectivity index (χ2v) is 4.01. The fourth-order valence-electron chi connectivity index (χ4n) is 1.28. The van der Waals surface area contributed by atoms with Crippen LogP contribution >= 0.6 is 0 Å². The Balaban J connectivity index is 0.000000403. The summed E-state index contributed by atoms with van der Waals surface area (Å²) in [4.78, 5) is 0. The zero-order valence-electron chi connectivity index (χ0n) is 11.1. The minimum absolute atomic E-state index is 0. The molecule has 0 atom stereocenters. The summed E-state index contributed by atoms with van der Waals surface area (Å²) >= 11 is 0. The van der Waals surface area contributed by atoms with Crippen molar-refractivity contribution in [1.29, 1.82) is 0 Å². The van der Waals surface area contributed by atoms with Gasteiger partial charge in [0.1, 0.15) is 11.6 Å². The van der Waals surface area contributed by atoms with Gasteiger partial charge in [-0.25, -0.2) is 8.78 Å². The van der Waals surface area contributed by atoms with Crippen LogP contribution in [0.5, 0.6) is 0 Å². The fourth-order valence-corrected chi connectivity index (χ4v) is 1.28. The molecule has 0 aliphatic rings. The standard InChI is InChI=1S/2C7H4F4.Cr/c2*8-6-3-1-5(2-4-6)7(9,10)11;/h2*1-4H;. The van der Waals surface area contributed by atoms with Crippen LogP contribution < -0.4 is 0 Å². The van der Waals surface area contributed by atoms with Crippen molar-refractivity contribution in [3.63, 3.8) is 0 Å². The molecule has 0 unspecified atom stereocenters. The van der Waals surface area contributed by atoms with Gasteiger partial charge < -0.3 is 0 Å². The SMILES string of the molecule is Fc1ccc(C(F)(F)F)cc1.Fc1ccc(C(F)(F)F)cc1.[Cr]. The molecule has 0 N–H and O–H groups in total. The molecule has 0 bridgehead atoms. The van der Waals surface area contributed by atoms with E-state index in [1.807, 2.05) is 0 Å². The second kappa shape index (κ2) is 8.32. The molecule has 2 rings (SSSR count). The van der Waals surface area contributed by atoms with Crippen LogP contribution in [0.3, 0.4) is 0 Å². The Labute approximate surface area is 136 Å². The van der Waals surface area contributed by atoms with Crippen LogP contribution in [-0.2, 0) is 29.7 Å². The van der Waals surface area contributed by atoms with Crippen LogP contribution in [-0.4, -0.2) is 0 Å². The van der Waals surface area contributed by atoms with Crippen LogP contribution in [0.1, 0.15) is 11.1 Å². The maximum atomic E-state index is 12.1. The van der Waals surface area contributed by atoms with Gasteiger partial charge in [0.25, 0.3) is 0 Å².